The smallest absolute Gasteiger partial charge is 0.163 e. The highest BCUT2D eigenvalue weighted by molar-refractivity contribution is 7.89. The van der Waals surface area contributed by atoms with Crippen LogP contribution < -0.4 is 9.47 Å². The van der Waals surface area contributed by atoms with Crippen molar-refractivity contribution in [3.63, 3.8) is 0 Å². The predicted molar refractivity (Wildman–Crippen MR) is 65.6 cm³/mol. The van der Waals surface area contributed by atoms with Crippen LogP contribution in [0, 0.1) is 0 Å². The molecule has 1 aliphatic rings. The molecule has 1 aliphatic heterocycles. The maximum absolute atomic E-state index is 11.2. The highest BCUT2D eigenvalue weighted by Crippen LogP contribution is 2.33. The van der Waals surface area contributed by atoms with Crippen molar-refractivity contribution in [2.24, 2.45) is 0 Å². The van der Waals surface area contributed by atoms with E-state index >= 15 is 0 Å². The monoisotopic (exact) mass is 268 g/mol. The maximum atomic E-state index is 11.2. The SMILES string of the molecule is CS(=O)(=O)Cc1nc2cc3c(cc2[nH]1)OCCO3. The van der Waals surface area contributed by atoms with E-state index in [4.69, 9.17) is 9.47 Å². The zero-order chi connectivity index (χ0) is 12.8. The van der Waals surface area contributed by atoms with Gasteiger partial charge in [-0.05, 0) is 0 Å². The predicted octanol–water partition coefficient (Wildman–Crippen LogP) is 0.879. The normalized spacial score (nSPS) is 14.9. The first-order chi connectivity index (χ1) is 8.51. The van der Waals surface area contributed by atoms with E-state index in [1.54, 1.807) is 12.1 Å². The van der Waals surface area contributed by atoms with E-state index in [1.807, 2.05) is 0 Å². The Morgan fingerprint density at radius 3 is 2.61 bits per heavy atom. The van der Waals surface area contributed by atoms with Gasteiger partial charge in [-0.15, -0.1) is 0 Å². The number of nitrogens with zero attached hydrogens (tertiary/aromatic N) is 1. The molecule has 96 valence electrons. The summed E-state index contributed by atoms with van der Waals surface area (Å²) in [7, 11) is -3.10. The molecule has 0 spiro atoms. The average molecular weight is 268 g/mol. The third-order valence-electron chi connectivity index (χ3n) is 2.59. The maximum Gasteiger partial charge on any atom is 0.163 e. The molecule has 0 saturated carbocycles. The second kappa shape index (κ2) is 3.88. The molecular formula is C11H12N2O4S. The van der Waals surface area contributed by atoms with Gasteiger partial charge in [-0.1, -0.05) is 0 Å². The van der Waals surface area contributed by atoms with Crippen molar-refractivity contribution in [1.82, 2.24) is 9.97 Å². The third kappa shape index (κ3) is 2.13. The number of hydrogen-bond donors (Lipinski definition) is 1. The number of sulfone groups is 1. The number of hydrogen-bond acceptors (Lipinski definition) is 5. The minimum Gasteiger partial charge on any atom is -0.486 e. The molecule has 18 heavy (non-hydrogen) atoms. The Kier molecular flexibility index (Phi) is 2.44. The van der Waals surface area contributed by atoms with Gasteiger partial charge in [0.25, 0.3) is 0 Å². The number of fused-ring (bicyclic) bond motifs is 2. The van der Waals surface area contributed by atoms with E-state index in [-0.39, 0.29) is 5.75 Å². The van der Waals surface area contributed by atoms with Gasteiger partial charge >= 0.3 is 0 Å². The largest absolute Gasteiger partial charge is 0.486 e. The molecule has 7 heteroatoms. The van der Waals surface area contributed by atoms with E-state index in [9.17, 15) is 8.42 Å². The lowest BCUT2D eigenvalue weighted by molar-refractivity contribution is 0.172. The molecule has 0 amide bonds. The molecule has 6 nitrogen and oxygen atoms in total. The summed E-state index contributed by atoms with van der Waals surface area (Å²) < 4.78 is 33.3. The Hall–Kier alpha value is -1.76. The van der Waals surface area contributed by atoms with Crippen LogP contribution in [0.15, 0.2) is 12.1 Å². The number of ether oxygens (including phenoxy) is 2. The topological polar surface area (TPSA) is 81.3 Å². The molecule has 2 heterocycles. The van der Waals surface area contributed by atoms with E-state index in [1.165, 1.54) is 6.26 Å². The fraction of sp³-hybridized carbons (Fsp3) is 0.364. The van der Waals surface area contributed by atoms with Crippen LogP contribution >= 0.6 is 0 Å². The van der Waals surface area contributed by atoms with Crippen molar-refractivity contribution >= 4 is 20.9 Å². The zero-order valence-electron chi connectivity index (χ0n) is 9.76. The first-order valence-electron chi connectivity index (χ1n) is 5.47. The first-order valence-corrected chi connectivity index (χ1v) is 7.53. The molecule has 0 fully saturated rings. The van der Waals surface area contributed by atoms with Gasteiger partial charge in [0.05, 0.1) is 11.0 Å². The highest BCUT2D eigenvalue weighted by Gasteiger charge is 2.16. The number of aromatic amines is 1. The Bertz CT molecular complexity index is 662. The number of rotatable bonds is 2. The molecule has 0 radical (unpaired) electrons. The molecular weight excluding hydrogens is 256 g/mol. The average Bonchev–Trinajstić information content (AvgIpc) is 2.63. The molecule has 3 rings (SSSR count). The van der Waals surface area contributed by atoms with Gasteiger partial charge in [0.2, 0.25) is 0 Å². The van der Waals surface area contributed by atoms with Crippen LogP contribution in [0.5, 0.6) is 11.5 Å². The fourth-order valence-corrected chi connectivity index (χ4v) is 2.55. The van der Waals surface area contributed by atoms with E-state index in [0.29, 0.717) is 36.1 Å². The van der Waals surface area contributed by atoms with Crippen molar-refractivity contribution < 1.29 is 17.9 Å². The summed E-state index contributed by atoms with van der Waals surface area (Å²) >= 11 is 0. The molecule has 0 unspecified atom stereocenters. The minimum atomic E-state index is -3.10. The number of nitrogens with one attached hydrogen (secondary N) is 1. The van der Waals surface area contributed by atoms with Gasteiger partial charge in [-0.2, -0.15) is 0 Å². The van der Waals surface area contributed by atoms with Gasteiger partial charge in [0.1, 0.15) is 24.8 Å². The second-order valence-electron chi connectivity index (χ2n) is 4.27. The lowest BCUT2D eigenvalue weighted by atomic mass is 10.2. The van der Waals surface area contributed by atoms with E-state index < -0.39 is 9.84 Å². The first kappa shape index (κ1) is 11.3. The van der Waals surface area contributed by atoms with Crippen molar-refractivity contribution in [2.75, 3.05) is 19.5 Å². The highest BCUT2D eigenvalue weighted by atomic mass is 32.2. The number of aromatic nitrogens is 2. The number of H-pyrrole nitrogens is 1. The Balaban J connectivity index is 2.06. The minimum absolute atomic E-state index is 0.103. The molecule has 1 aromatic heterocycles. The number of benzene rings is 1. The Morgan fingerprint density at radius 1 is 1.28 bits per heavy atom. The van der Waals surface area contributed by atoms with Gasteiger partial charge < -0.3 is 14.5 Å². The molecule has 0 saturated heterocycles. The molecule has 0 aliphatic carbocycles. The molecule has 0 atom stereocenters. The Morgan fingerprint density at radius 2 is 1.94 bits per heavy atom. The standard InChI is InChI=1S/C11H12N2O4S/c1-18(14,15)6-11-12-7-4-9-10(5-8(7)13-11)17-3-2-16-9/h4-5H,2-3,6H2,1H3,(H,12,13). The molecule has 2 aromatic rings. The van der Waals surface area contributed by atoms with Crippen LogP contribution in [0.2, 0.25) is 0 Å². The van der Waals surface area contributed by atoms with Crippen LogP contribution in [0.3, 0.4) is 0 Å². The van der Waals surface area contributed by atoms with Crippen molar-refractivity contribution in [3.05, 3.63) is 18.0 Å². The fourth-order valence-electron chi connectivity index (χ4n) is 1.92. The summed E-state index contributed by atoms with van der Waals surface area (Å²) in [6.07, 6.45) is 1.18. The number of imidazole rings is 1. The zero-order valence-corrected chi connectivity index (χ0v) is 10.6. The lowest BCUT2D eigenvalue weighted by Gasteiger charge is -2.17. The van der Waals surface area contributed by atoms with Gasteiger partial charge in [0, 0.05) is 18.4 Å². The van der Waals surface area contributed by atoms with Gasteiger partial charge in [-0.3, -0.25) is 0 Å². The molecule has 0 bridgehead atoms. The molecule has 1 aromatic carbocycles. The van der Waals surface area contributed by atoms with Crippen LogP contribution in [-0.4, -0.2) is 37.9 Å². The second-order valence-corrected chi connectivity index (χ2v) is 6.41. The van der Waals surface area contributed by atoms with Crippen LogP contribution in [0.4, 0.5) is 0 Å². The third-order valence-corrected chi connectivity index (χ3v) is 3.39. The van der Waals surface area contributed by atoms with Crippen LogP contribution in [0.1, 0.15) is 5.82 Å². The summed E-state index contributed by atoms with van der Waals surface area (Å²) in [6.45, 7) is 1.03. The van der Waals surface area contributed by atoms with Crippen molar-refractivity contribution in [3.8, 4) is 11.5 Å². The molecule has 1 N–H and O–H groups in total. The van der Waals surface area contributed by atoms with Crippen LogP contribution in [-0.2, 0) is 15.6 Å². The Labute approximate surface area is 104 Å². The summed E-state index contributed by atoms with van der Waals surface area (Å²) in [5.74, 6) is 1.62. The summed E-state index contributed by atoms with van der Waals surface area (Å²) in [4.78, 5) is 7.21. The van der Waals surface area contributed by atoms with E-state index in [2.05, 4.69) is 9.97 Å². The summed E-state index contributed by atoms with van der Waals surface area (Å²) in [6, 6.07) is 3.54. The van der Waals surface area contributed by atoms with Gasteiger partial charge in [0.15, 0.2) is 21.3 Å². The summed E-state index contributed by atoms with van der Waals surface area (Å²) in [5.41, 5.74) is 1.43. The van der Waals surface area contributed by atoms with Gasteiger partial charge in [-0.25, -0.2) is 13.4 Å². The van der Waals surface area contributed by atoms with Crippen LogP contribution in [0.25, 0.3) is 11.0 Å². The quantitative estimate of drug-likeness (QED) is 0.874. The van der Waals surface area contributed by atoms with E-state index in [0.717, 1.165) is 5.52 Å². The van der Waals surface area contributed by atoms with Crippen molar-refractivity contribution in [2.45, 2.75) is 5.75 Å². The van der Waals surface area contributed by atoms with Crippen molar-refractivity contribution in [1.29, 1.82) is 0 Å². The lowest BCUT2D eigenvalue weighted by Crippen LogP contribution is -2.15. The summed E-state index contributed by atoms with van der Waals surface area (Å²) in [5, 5.41) is 0.